The van der Waals surface area contributed by atoms with Crippen molar-refractivity contribution >= 4 is 45.5 Å². The summed E-state index contributed by atoms with van der Waals surface area (Å²) in [7, 11) is -2.27. The van der Waals surface area contributed by atoms with Gasteiger partial charge in [0.1, 0.15) is 0 Å². The SMILES string of the molecule is CCS(=O)(=O)c1cc(S(=O)(=O)Cl)ccc1Br. The Kier molecular flexibility index (Phi) is 4.04. The van der Waals surface area contributed by atoms with Crippen molar-refractivity contribution in [3.8, 4) is 0 Å². The molecule has 0 unspecified atom stereocenters. The summed E-state index contributed by atoms with van der Waals surface area (Å²) in [6, 6.07) is 3.63. The van der Waals surface area contributed by atoms with E-state index in [4.69, 9.17) is 10.7 Å². The zero-order valence-electron chi connectivity index (χ0n) is 8.14. The fourth-order valence-corrected chi connectivity index (χ4v) is 3.85. The van der Waals surface area contributed by atoms with Crippen molar-refractivity contribution in [2.75, 3.05) is 5.75 Å². The molecule has 4 nitrogen and oxygen atoms in total. The van der Waals surface area contributed by atoms with E-state index in [0.29, 0.717) is 4.47 Å². The quantitative estimate of drug-likeness (QED) is 0.786. The maximum atomic E-state index is 11.6. The molecular formula is C8H8BrClO4S2. The molecule has 1 aromatic rings. The average Bonchev–Trinajstić information content (AvgIpc) is 2.16. The Balaban J connectivity index is 3.54. The Bertz CT molecular complexity index is 607. The summed E-state index contributed by atoms with van der Waals surface area (Å²) in [4.78, 5) is -0.305. The summed E-state index contributed by atoms with van der Waals surface area (Å²) >= 11 is 3.06. The van der Waals surface area contributed by atoms with Crippen LogP contribution in [-0.4, -0.2) is 22.6 Å². The van der Waals surface area contributed by atoms with Gasteiger partial charge in [0.05, 0.1) is 15.5 Å². The van der Waals surface area contributed by atoms with Gasteiger partial charge in [-0.15, -0.1) is 0 Å². The lowest BCUT2D eigenvalue weighted by molar-refractivity contribution is 0.596. The lowest BCUT2D eigenvalue weighted by Crippen LogP contribution is -2.05. The van der Waals surface area contributed by atoms with Gasteiger partial charge in [-0.1, -0.05) is 6.92 Å². The topological polar surface area (TPSA) is 68.3 Å². The van der Waals surface area contributed by atoms with Crippen molar-refractivity contribution in [1.82, 2.24) is 0 Å². The normalized spacial score (nSPS) is 12.7. The Morgan fingerprint density at radius 2 is 1.81 bits per heavy atom. The number of halogens is 2. The molecule has 0 fully saturated rings. The molecule has 0 aromatic heterocycles. The van der Waals surface area contributed by atoms with Crippen LogP contribution >= 0.6 is 26.6 Å². The minimum absolute atomic E-state index is 0.0725. The van der Waals surface area contributed by atoms with Gasteiger partial charge in [0.15, 0.2) is 9.84 Å². The largest absolute Gasteiger partial charge is 0.261 e. The van der Waals surface area contributed by atoms with E-state index < -0.39 is 18.9 Å². The van der Waals surface area contributed by atoms with E-state index in [-0.39, 0.29) is 15.5 Å². The fraction of sp³-hybridized carbons (Fsp3) is 0.250. The smallest absolute Gasteiger partial charge is 0.224 e. The van der Waals surface area contributed by atoms with E-state index in [1.165, 1.54) is 19.1 Å². The van der Waals surface area contributed by atoms with Crippen molar-refractivity contribution < 1.29 is 16.8 Å². The second-order valence-electron chi connectivity index (χ2n) is 2.93. The van der Waals surface area contributed by atoms with Gasteiger partial charge in [-0.05, 0) is 34.1 Å². The Labute approximate surface area is 107 Å². The highest BCUT2D eigenvalue weighted by molar-refractivity contribution is 9.10. The molecule has 0 spiro atoms. The van der Waals surface area contributed by atoms with Crippen molar-refractivity contribution in [2.24, 2.45) is 0 Å². The van der Waals surface area contributed by atoms with E-state index in [1.807, 2.05) is 0 Å². The second-order valence-corrected chi connectivity index (χ2v) is 8.60. The molecule has 0 atom stereocenters. The summed E-state index contributed by atoms with van der Waals surface area (Å²) in [5.41, 5.74) is 0. The van der Waals surface area contributed by atoms with Crippen molar-refractivity contribution in [2.45, 2.75) is 16.7 Å². The van der Waals surface area contributed by atoms with Gasteiger partial charge in [0.2, 0.25) is 0 Å². The van der Waals surface area contributed by atoms with Crippen LogP contribution in [0.4, 0.5) is 0 Å². The molecule has 0 heterocycles. The van der Waals surface area contributed by atoms with Crippen molar-refractivity contribution in [3.63, 3.8) is 0 Å². The zero-order chi connectivity index (χ0) is 12.6. The highest BCUT2D eigenvalue weighted by Gasteiger charge is 2.19. The van der Waals surface area contributed by atoms with Crippen LogP contribution in [0, 0.1) is 0 Å². The molecule has 1 rings (SSSR count). The van der Waals surface area contributed by atoms with Crippen LogP contribution in [-0.2, 0) is 18.9 Å². The molecule has 16 heavy (non-hydrogen) atoms. The zero-order valence-corrected chi connectivity index (χ0v) is 12.1. The van der Waals surface area contributed by atoms with Crippen LogP contribution in [0.3, 0.4) is 0 Å². The molecule has 0 bridgehead atoms. The van der Waals surface area contributed by atoms with Gasteiger partial charge >= 0.3 is 0 Å². The highest BCUT2D eigenvalue weighted by atomic mass is 79.9. The molecule has 0 amide bonds. The van der Waals surface area contributed by atoms with Crippen LogP contribution in [0.15, 0.2) is 32.5 Å². The van der Waals surface area contributed by atoms with E-state index in [2.05, 4.69) is 15.9 Å². The van der Waals surface area contributed by atoms with Gasteiger partial charge in [0.25, 0.3) is 9.05 Å². The molecule has 0 aliphatic carbocycles. The van der Waals surface area contributed by atoms with Gasteiger partial charge in [-0.3, -0.25) is 0 Å². The first kappa shape index (κ1) is 14.0. The first-order valence-corrected chi connectivity index (χ1v) is 8.91. The summed E-state index contributed by atoms with van der Waals surface area (Å²) < 4.78 is 45.7. The Morgan fingerprint density at radius 3 is 2.25 bits per heavy atom. The minimum atomic E-state index is -3.92. The molecule has 8 heteroatoms. The highest BCUT2D eigenvalue weighted by Crippen LogP contribution is 2.27. The fourth-order valence-electron chi connectivity index (χ4n) is 1.03. The lowest BCUT2D eigenvalue weighted by Gasteiger charge is -2.05. The number of benzene rings is 1. The Morgan fingerprint density at radius 1 is 1.25 bits per heavy atom. The van der Waals surface area contributed by atoms with Gasteiger partial charge in [0, 0.05) is 15.2 Å². The summed E-state index contributed by atoms with van der Waals surface area (Å²) in [5.74, 6) is -0.114. The molecule has 0 radical (unpaired) electrons. The summed E-state index contributed by atoms with van der Waals surface area (Å²) in [6.45, 7) is 1.48. The molecule has 0 aliphatic rings. The summed E-state index contributed by atoms with van der Waals surface area (Å²) in [5, 5.41) is 0. The van der Waals surface area contributed by atoms with Crippen molar-refractivity contribution in [3.05, 3.63) is 22.7 Å². The van der Waals surface area contributed by atoms with Crippen LogP contribution in [0.25, 0.3) is 0 Å². The molecule has 0 saturated carbocycles. The number of sulfone groups is 1. The van der Waals surface area contributed by atoms with Gasteiger partial charge in [-0.25, -0.2) is 16.8 Å². The second kappa shape index (κ2) is 4.64. The van der Waals surface area contributed by atoms with Crippen LogP contribution < -0.4 is 0 Å². The molecular weight excluding hydrogens is 340 g/mol. The Hall–Kier alpha value is -0.110. The third-order valence-corrected chi connectivity index (χ3v) is 5.97. The maximum absolute atomic E-state index is 11.6. The van der Waals surface area contributed by atoms with Crippen LogP contribution in [0.2, 0.25) is 0 Å². The third-order valence-electron chi connectivity index (χ3n) is 1.90. The van der Waals surface area contributed by atoms with Gasteiger partial charge in [-0.2, -0.15) is 0 Å². The number of rotatable bonds is 3. The molecule has 0 N–H and O–H groups in total. The first-order chi connectivity index (χ1) is 7.18. The van der Waals surface area contributed by atoms with Crippen LogP contribution in [0.1, 0.15) is 6.92 Å². The van der Waals surface area contributed by atoms with E-state index >= 15 is 0 Å². The van der Waals surface area contributed by atoms with E-state index in [9.17, 15) is 16.8 Å². The molecule has 0 aliphatic heterocycles. The molecule has 1 aromatic carbocycles. The van der Waals surface area contributed by atoms with E-state index in [0.717, 1.165) is 6.07 Å². The average molecular weight is 348 g/mol. The lowest BCUT2D eigenvalue weighted by atomic mass is 10.4. The third kappa shape index (κ3) is 2.97. The molecule has 0 saturated heterocycles. The predicted molar refractivity (Wildman–Crippen MR) is 64.9 cm³/mol. The number of hydrogen-bond donors (Lipinski definition) is 0. The predicted octanol–water partition coefficient (Wildman–Crippen LogP) is 2.17. The first-order valence-electron chi connectivity index (χ1n) is 4.15. The van der Waals surface area contributed by atoms with E-state index in [1.54, 1.807) is 0 Å². The van der Waals surface area contributed by atoms with Crippen LogP contribution in [0.5, 0.6) is 0 Å². The maximum Gasteiger partial charge on any atom is 0.261 e. The number of hydrogen-bond acceptors (Lipinski definition) is 4. The summed E-state index contributed by atoms with van der Waals surface area (Å²) in [6.07, 6.45) is 0. The molecule has 90 valence electrons. The van der Waals surface area contributed by atoms with Crippen molar-refractivity contribution in [1.29, 1.82) is 0 Å². The monoisotopic (exact) mass is 346 g/mol. The minimum Gasteiger partial charge on any atom is -0.224 e. The van der Waals surface area contributed by atoms with Gasteiger partial charge < -0.3 is 0 Å². The standard InChI is InChI=1S/C8H8BrClO4S2/c1-2-15(11,12)8-5-6(16(10,13)14)3-4-7(8)9/h3-5H,2H2,1H3.